The standard InChI is InChI=1S/C29H25BClN5O2S/c1-17-11-24-28(27(22(17)13-26(37)38)18-3-6-21(31)7-4-18)39-29(34-24)36-10-9-30(16-32)23(15-36)19-5-8-25-20(12-19)14-33-35(25)2/h3-8,11-12,14,23H,9-10,13,15H2,1-2H3,(H,37,38). The molecule has 1 aliphatic heterocycles. The van der Waals surface area contributed by atoms with Gasteiger partial charge in [0.25, 0.3) is 6.71 Å². The third-order valence-corrected chi connectivity index (χ3v) is 9.11. The molecule has 1 aliphatic rings. The van der Waals surface area contributed by atoms with Crippen LogP contribution in [0.3, 0.4) is 0 Å². The average molecular weight is 554 g/mol. The fourth-order valence-electron chi connectivity index (χ4n) is 5.69. The first-order valence-electron chi connectivity index (χ1n) is 12.8. The van der Waals surface area contributed by atoms with Crippen molar-refractivity contribution in [3.63, 3.8) is 0 Å². The zero-order valence-corrected chi connectivity index (χ0v) is 23.1. The van der Waals surface area contributed by atoms with E-state index in [0.717, 1.165) is 66.9 Å². The van der Waals surface area contributed by atoms with Crippen molar-refractivity contribution in [3.05, 3.63) is 76.4 Å². The number of aromatic nitrogens is 3. The first-order valence-corrected chi connectivity index (χ1v) is 14.0. The molecule has 3 heterocycles. The van der Waals surface area contributed by atoms with Crippen molar-refractivity contribution in [1.82, 2.24) is 14.8 Å². The van der Waals surface area contributed by atoms with Gasteiger partial charge in [0, 0.05) is 42.1 Å². The fraction of sp³-hybridized carbons (Fsp3) is 0.241. The first-order chi connectivity index (χ1) is 18.8. The third kappa shape index (κ3) is 4.64. The Labute approximate surface area is 235 Å². The van der Waals surface area contributed by atoms with Crippen molar-refractivity contribution in [2.45, 2.75) is 25.5 Å². The average Bonchev–Trinajstić information content (AvgIpc) is 3.52. The second-order valence-corrected chi connectivity index (χ2v) is 11.5. The van der Waals surface area contributed by atoms with Gasteiger partial charge < -0.3 is 10.0 Å². The Morgan fingerprint density at radius 1 is 1.26 bits per heavy atom. The molecule has 10 heteroatoms. The van der Waals surface area contributed by atoms with Gasteiger partial charge in [-0.2, -0.15) is 5.10 Å². The number of carboxylic acid groups (broad SMARTS) is 1. The van der Waals surface area contributed by atoms with Gasteiger partial charge >= 0.3 is 5.97 Å². The van der Waals surface area contributed by atoms with Crippen molar-refractivity contribution in [2.24, 2.45) is 7.05 Å². The van der Waals surface area contributed by atoms with Crippen molar-refractivity contribution < 1.29 is 9.90 Å². The topological polar surface area (TPSA) is 95.0 Å². The fourth-order valence-corrected chi connectivity index (χ4v) is 6.99. The molecule has 0 radical (unpaired) electrons. The lowest BCUT2D eigenvalue weighted by molar-refractivity contribution is -0.136. The highest BCUT2D eigenvalue weighted by molar-refractivity contribution is 7.22. The minimum Gasteiger partial charge on any atom is -0.481 e. The summed E-state index contributed by atoms with van der Waals surface area (Å²) in [5.41, 5.74) is 6.56. The Hall–Kier alpha value is -3.87. The minimum atomic E-state index is -0.871. The van der Waals surface area contributed by atoms with Crippen LogP contribution < -0.4 is 4.90 Å². The molecule has 0 bridgehead atoms. The minimum absolute atomic E-state index is 0.0420. The lowest BCUT2D eigenvalue weighted by Crippen LogP contribution is -2.43. The number of aryl methyl sites for hydroxylation is 2. The summed E-state index contributed by atoms with van der Waals surface area (Å²) in [6.07, 6.45) is 2.54. The Morgan fingerprint density at radius 3 is 2.79 bits per heavy atom. The Balaban J connectivity index is 1.42. The molecule has 7 nitrogen and oxygen atoms in total. The van der Waals surface area contributed by atoms with Gasteiger partial charge in [-0.3, -0.25) is 9.48 Å². The molecule has 0 aliphatic carbocycles. The van der Waals surface area contributed by atoms with E-state index in [1.165, 1.54) is 0 Å². The SMILES string of the molecule is Cc1cc2nc(N3CCB(C#N)C(c4ccc5c(cnn5C)c4)C3)sc2c(-c2ccc(Cl)cc2)c1CC(=O)O. The maximum Gasteiger partial charge on any atom is 0.307 e. The van der Waals surface area contributed by atoms with E-state index >= 15 is 0 Å². The van der Waals surface area contributed by atoms with Crippen molar-refractivity contribution in [2.75, 3.05) is 18.0 Å². The van der Waals surface area contributed by atoms with Crippen LogP contribution in [-0.4, -0.2) is 45.6 Å². The lowest BCUT2D eigenvalue weighted by atomic mass is 9.37. The van der Waals surface area contributed by atoms with Crippen LogP contribution in [0.1, 0.15) is 22.5 Å². The molecule has 6 rings (SSSR count). The van der Waals surface area contributed by atoms with E-state index in [-0.39, 0.29) is 19.0 Å². The maximum absolute atomic E-state index is 11.8. The van der Waals surface area contributed by atoms with E-state index < -0.39 is 5.97 Å². The molecule has 1 atom stereocenters. The van der Waals surface area contributed by atoms with E-state index in [9.17, 15) is 15.2 Å². The molecule has 2 aromatic heterocycles. The second kappa shape index (κ2) is 10.0. The molecule has 194 valence electrons. The number of fused-ring (bicyclic) bond motifs is 2. The summed E-state index contributed by atoms with van der Waals surface area (Å²) < 4.78 is 2.82. The number of benzene rings is 3. The van der Waals surface area contributed by atoms with Crippen LogP contribution in [0.4, 0.5) is 5.13 Å². The smallest absolute Gasteiger partial charge is 0.307 e. The van der Waals surface area contributed by atoms with Gasteiger partial charge in [-0.05, 0) is 71.6 Å². The maximum atomic E-state index is 11.8. The number of thiazole rings is 1. The number of anilines is 1. The molecule has 5 aromatic rings. The molecule has 1 N–H and O–H groups in total. The number of hydrogen-bond donors (Lipinski definition) is 1. The third-order valence-electron chi connectivity index (χ3n) is 7.71. The van der Waals surface area contributed by atoms with Crippen molar-refractivity contribution >= 4 is 61.9 Å². The molecule has 1 unspecified atom stereocenters. The molecule has 39 heavy (non-hydrogen) atoms. The van der Waals surface area contributed by atoms with Crippen molar-refractivity contribution in [3.8, 4) is 17.1 Å². The normalized spacial score (nSPS) is 15.7. The van der Waals surface area contributed by atoms with Crippen LogP contribution in [0.15, 0.2) is 54.7 Å². The molecule has 1 saturated heterocycles. The number of nitrogens with zero attached hydrogens (tertiary/aromatic N) is 5. The van der Waals surface area contributed by atoms with Gasteiger partial charge in [-0.15, -0.1) is 0 Å². The monoisotopic (exact) mass is 553 g/mol. The second-order valence-electron chi connectivity index (χ2n) is 10.1. The molecule has 1 fully saturated rings. The zero-order chi connectivity index (χ0) is 27.3. The molecular formula is C29H25BClN5O2S. The van der Waals surface area contributed by atoms with E-state index in [4.69, 9.17) is 16.6 Å². The van der Waals surface area contributed by atoms with Gasteiger partial charge in [-0.1, -0.05) is 41.1 Å². The Morgan fingerprint density at radius 2 is 2.05 bits per heavy atom. The molecular weight excluding hydrogens is 529 g/mol. The molecule has 0 spiro atoms. The van der Waals surface area contributed by atoms with Crippen LogP contribution in [0.2, 0.25) is 11.3 Å². The molecule has 3 aromatic carbocycles. The van der Waals surface area contributed by atoms with Crippen LogP contribution in [-0.2, 0) is 18.3 Å². The van der Waals surface area contributed by atoms with Gasteiger partial charge in [0.05, 0.1) is 28.4 Å². The summed E-state index contributed by atoms with van der Waals surface area (Å²) in [6.45, 7) is 3.28. The number of carbonyl (C=O) groups is 1. The molecule has 0 amide bonds. The van der Waals surface area contributed by atoms with Crippen LogP contribution >= 0.6 is 22.9 Å². The van der Waals surface area contributed by atoms with Gasteiger partial charge in [0.1, 0.15) is 0 Å². The van der Waals surface area contributed by atoms with Crippen LogP contribution in [0.25, 0.3) is 32.2 Å². The number of halogens is 1. The van der Waals surface area contributed by atoms with E-state index in [1.54, 1.807) is 11.3 Å². The van der Waals surface area contributed by atoms with E-state index in [0.29, 0.717) is 11.6 Å². The van der Waals surface area contributed by atoms with E-state index in [1.807, 2.05) is 55.2 Å². The van der Waals surface area contributed by atoms with Crippen molar-refractivity contribution in [1.29, 1.82) is 5.26 Å². The summed E-state index contributed by atoms with van der Waals surface area (Å²) >= 11 is 7.75. The summed E-state index contributed by atoms with van der Waals surface area (Å²) in [7, 11) is 1.93. The number of aliphatic carboxylic acids is 1. The largest absolute Gasteiger partial charge is 0.481 e. The quantitative estimate of drug-likeness (QED) is 0.263. The summed E-state index contributed by atoms with van der Waals surface area (Å²) in [4.78, 5) is 19.1. The predicted molar refractivity (Wildman–Crippen MR) is 158 cm³/mol. The van der Waals surface area contributed by atoms with Crippen LogP contribution in [0.5, 0.6) is 0 Å². The number of hydrogen-bond acceptors (Lipinski definition) is 6. The summed E-state index contributed by atoms with van der Waals surface area (Å²) in [5.74, 6) is 1.71. The lowest BCUT2D eigenvalue weighted by Gasteiger charge is -2.34. The summed E-state index contributed by atoms with van der Waals surface area (Å²) in [6, 6.07) is 15.9. The number of rotatable bonds is 5. The Bertz CT molecular complexity index is 1770. The van der Waals surface area contributed by atoms with E-state index in [2.05, 4.69) is 34.2 Å². The number of carboxylic acids is 1. The van der Waals surface area contributed by atoms with Gasteiger partial charge in [0.15, 0.2) is 5.13 Å². The summed E-state index contributed by atoms with van der Waals surface area (Å²) in [5, 5.41) is 26.6. The highest BCUT2D eigenvalue weighted by Crippen LogP contribution is 2.42. The molecule has 0 saturated carbocycles. The number of nitriles is 1. The van der Waals surface area contributed by atoms with Gasteiger partial charge in [0.2, 0.25) is 0 Å². The van der Waals surface area contributed by atoms with Gasteiger partial charge in [-0.25, -0.2) is 10.2 Å². The predicted octanol–water partition coefficient (Wildman–Crippen LogP) is 6.14. The van der Waals surface area contributed by atoms with Crippen LogP contribution in [0, 0.1) is 18.2 Å². The first kappa shape index (κ1) is 25.4. The highest BCUT2D eigenvalue weighted by Gasteiger charge is 2.35. The highest BCUT2D eigenvalue weighted by atomic mass is 35.5. The zero-order valence-electron chi connectivity index (χ0n) is 21.6. The Kier molecular flexibility index (Phi) is 6.53.